The Kier molecular flexibility index (Phi) is 71.5. The third-order valence-electron chi connectivity index (χ3n) is 0.167. The maximum Gasteiger partial charge on any atom is 1.00 e. The van der Waals surface area contributed by atoms with E-state index in [1.54, 1.807) is 0 Å². The van der Waals surface area contributed by atoms with Crippen LogP contribution >= 0.6 is 0 Å². The zero-order valence-corrected chi connectivity index (χ0v) is 12.2. The van der Waals surface area contributed by atoms with Gasteiger partial charge in [0.2, 0.25) is 0 Å². The van der Waals surface area contributed by atoms with Crippen LogP contribution in [-0.4, -0.2) is 27.0 Å². The van der Waals surface area contributed by atoms with Crippen LogP contribution in [0.15, 0.2) is 0 Å². The number of carbonyl (C=O) groups is 2. The van der Waals surface area contributed by atoms with Gasteiger partial charge in [-0.05, 0) is 0 Å². The summed E-state index contributed by atoms with van der Waals surface area (Å²) in [6, 6.07) is 0. The van der Waals surface area contributed by atoms with Gasteiger partial charge < -0.3 is 46.4 Å². The average Bonchev–Trinajstić information content (AvgIpc) is 1.27. The second kappa shape index (κ2) is 22.9. The van der Waals surface area contributed by atoms with E-state index in [0.29, 0.717) is 0 Å². The Balaban J connectivity index is -0.0000000180. The SMILES string of the molecule is O.O.O.O=C([S-])OC(=O)[S-].[Na+].[Na+]. The Morgan fingerprint density at radius 2 is 1.00 bits per heavy atom. The summed E-state index contributed by atoms with van der Waals surface area (Å²) < 4.78 is 3.60. The maximum absolute atomic E-state index is 9.56. The fraction of sp³-hybridized carbons (Fsp3) is 0. The van der Waals surface area contributed by atoms with Crippen molar-refractivity contribution in [1.82, 2.24) is 0 Å². The molecule has 0 unspecified atom stereocenters. The fourth-order valence-corrected chi connectivity index (χ4v) is 0.272. The normalized spacial score (nSPS) is 4.33. The zero-order chi connectivity index (χ0) is 5.86. The van der Waals surface area contributed by atoms with Crippen LogP contribution in [0.2, 0.25) is 0 Å². The van der Waals surface area contributed by atoms with Crippen molar-refractivity contribution in [2.75, 3.05) is 0 Å². The Morgan fingerprint density at radius 1 is 0.833 bits per heavy atom. The Bertz CT molecular complexity index is 97.7. The number of carbonyl (C=O) groups excluding carboxylic acids is 2. The molecule has 0 aromatic rings. The van der Waals surface area contributed by atoms with E-state index < -0.39 is 10.6 Å². The van der Waals surface area contributed by atoms with Crippen LogP contribution in [0.3, 0.4) is 0 Å². The minimum Gasteiger partial charge on any atom is -0.697 e. The average molecular weight is 236 g/mol. The van der Waals surface area contributed by atoms with Crippen LogP contribution in [0.1, 0.15) is 0 Å². The molecule has 0 aromatic carbocycles. The molecule has 0 spiro atoms. The monoisotopic (exact) mass is 236 g/mol. The largest absolute Gasteiger partial charge is 1.00 e. The standard InChI is InChI=1S/C2H2O3S2.2Na.3H2O/c3-1(6)5-2(4)7;;;;;/h(H,3,6)(H,4,7);;;3*1H2/q;2*+1;;;/p-2. The van der Waals surface area contributed by atoms with Crippen molar-refractivity contribution < 1.29 is 89.9 Å². The van der Waals surface area contributed by atoms with Crippen LogP contribution in [0.5, 0.6) is 0 Å². The van der Waals surface area contributed by atoms with Crippen molar-refractivity contribution in [2.24, 2.45) is 0 Å². The molecule has 0 aliphatic carbocycles. The molecule has 0 rings (SSSR count). The van der Waals surface area contributed by atoms with Gasteiger partial charge in [-0.2, -0.15) is 0 Å². The van der Waals surface area contributed by atoms with E-state index in [9.17, 15) is 9.59 Å². The van der Waals surface area contributed by atoms with Gasteiger partial charge in [0.25, 0.3) is 0 Å². The first-order valence-electron chi connectivity index (χ1n) is 1.22. The van der Waals surface area contributed by atoms with Gasteiger partial charge >= 0.3 is 59.1 Å². The topological polar surface area (TPSA) is 138 Å². The second-order valence-electron chi connectivity index (χ2n) is 0.602. The summed E-state index contributed by atoms with van der Waals surface area (Å²) in [6.07, 6.45) is 0. The first-order chi connectivity index (χ1) is 3.13. The number of rotatable bonds is 0. The summed E-state index contributed by atoms with van der Waals surface area (Å²) in [4.78, 5) is 19.1. The summed E-state index contributed by atoms with van der Waals surface area (Å²) in [6.45, 7) is 0. The van der Waals surface area contributed by atoms with E-state index in [2.05, 4.69) is 30.0 Å². The van der Waals surface area contributed by atoms with Crippen LogP contribution in [0, 0.1) is 0 Å². The van der Waals surface area contributed by atoms with Gasteiger partial charge in [-0.15, -0.1) is 0 Å². The van der Waals surface area contributed by atoms with Crippen molar-refractivity contribution in [2.45, 2.75) is 0 Å². The second-order valence-corrected chi connectivity index (χ2v) is 1.27. The quantitative estimate of drug-likeness (QED) is 0.178. The summed E-state index contributed by atoms with van der Waals surface area (Å²) in [5, 5.41) is -2.17. The van der Waals surface area contributed by atoms with Gasteiger partial charge in [-0.3, -0.25) is 9.59 Å². The molecule has 0 aliphatic heterocycles. The maximum atomic E-state index is 9.56. The van der Waals surface area contributed by atoms with Crippen molar-refractivity contribution in [3.8, 4) is 0 Å². The summed E-state index contributed by atoms with van der Waals surface area (Å²) in [7, 11) is 0. The molecular formula is C2H6Na2O6S2. The molecule has 6 nitrogen and oxygen atoms in total. The minimum atomic E-state index is -1.08. The molecule has 0 atom stereocenters. The summed E-state index contributed by atoms with van der Waals surface area (Å²) >= 11 is 7.61. The molecule has 0 saturated carbocycles. The van der Waals surface area contributed by atoms with Crippen molar-refractivity contribution >= 4 is 35.9 Å². The van der Waals surface area contributed by atoms with E-state index in [4.69, 9.17) is 0 Å². The molecule has 6 N–H and O–H groups in total. The molecule has 0 aliphatic rings. The summed E-state index contributed by atoms with van der Waals surface area (Å²) in [5.41, 5.74) is 0. The van der Waals surface area contributed by atoms with Gasteiger partial charge in [0.15, 0.2) is 10.6 Å². The van der Waals surface area contributed by atoms with Crippen molar-refractivity contribution in [1.29, 1.82) is 0 Å². The molecule has 0 saturated heterocycles. The number of hydrogen-bond acceptors (Lipinski definition) is 5. The van der Waals surface area contributed by atoms with Gasteiger partial charge in [0, 0.05) is 0 Å². The van der Waals surface area contributed by atoms with E-state index in [1.807, 2.05) is 0 Å². The van der Waals surface area contributed by atoms with E-state index >= 15 is 0 Å². The van der Waals surface area contributed by atoms with Crippen LogP contribution in [0.4, 0.5) is 9.59 Å². The molecule has 0 aromatic heterocycles. The molecule has 0 heterocycles. The zero-order valence-electron chi connectivity index (χ0n) is 6.54. The van der Waals surface area contributed by atoms with Crippen LogP contribution in [-0.2, 0) is 30.0 Å². The molecule has 0 radical (unpaired) electrons. The molecular weight excluding hydrogens is 230 g/mol. The van der Waals surface area contributed by atoms with Crippen LogP contribution < -0.4 is 59.1 Å². The van der Waals surface area contributed by atoms with Gasteiger partial charge in [-0.25, -0.2) is 0 Å². The molecule has 0 amide bonds. The van der Waals surface area contributed by atoms with E-state index in [0.717, 1.165) is 0 Å². The Labute approximate surface area is 124 Å². The third kappa shape index (κ3) is 42.1. The van der Waals surface area contributed by atoms with Gasteiger partial charge in [0.05, 0.1) is 0 Å². The predicted octanol–water partition coefficient (Wildman–Crippen LogP) is -8.13. The Hall–Kier alpha value is 1.46. The molecule has 0 fully saturated rings. The van der Waals surface area contributed by atoms with E-state index in [1.165, 1.54) is 0 Å². The Morgan fingerprint density at radius 3 is 1.00 bits per heavy atom. The van der Waals surface area contributed by atoms with Gasteiger partial charge in [0.1, 0.15) is 0 Å². The van der Waals surface area contributed by atoms with E-state index in [-0.39, 0.29) is 75.5 Å². The van der Waals surface area contributed by atoms with Crippen LogP contribution in [0.25, 0.3) is 0 Å². The van der Waals surface area contributed by atoms with Crippen molar-refractivity contribution in [3.05, 3.63) is 0 Å². The van der Waals surface area contributed by atoms with Crippen molar-refractivity contribution in [3.63, 3.8) is 0 Å². The number of ether oxygens (including phenoxy) is 1. The minimum absolute atomic E-state index is 0. The van der Waals surface area contributed by atoms with Gasteiger partial charge in [-0.1, -0.05) is 0 Å². The molecule has 10 heteroatoms. The number of hydrogen-bond donors (Lipinski definition) is 0. The predicted molar refractivity (Wildman–Crippen MR) is 37.4 cm³/mol. The summed E-state index contributed by atoms with van der Waals surface area (Å²) in [5.74, 6) is 0. The fourth-order valence-electron chi connectivity index (χ4n) is 0.0680. The molecule has 12 heavy (non-hydrogen) atoms. The first-order valence-corrected chi connectivity index (χ1v) is 2.04. The first kappa shape index (κ1) is 37.5. The smallest absolute Gasteiger partial charge is 0.697 e. The molecule has 0 bridgehead atoms. The molecule has 64 valence electrons. The third-order valence-corrected chi connectivity index (χ3v) is 0.333.